The zero-order valence-electron chi connectivity index (χ0n) is 15.2. The summed E-state index contributed by atoms with van der Waals surface area (Å²) in [6, 6.07) is 14.5. The van der Waals surface area contributed by atoms with E-state index in [1.807, 2.05) is 30.3 Å². The molecule has 144 valence electrons. The van der Waals surface area contributed by atoms with Crippen LogP contribution in [-0.2, 0) is 0 Å². The number of carbonyl (C=O) groups is 1. The van der Waals surface area contributed by atoms with Crippen molar-refractivity contribution < 1.29 is 14.3 Å². The summed E-state index contributed by atoms with van der Waals surface area (Å²) in [7, 11) is 1.60. The standard InChI is InChI=1S/C20H19ClN4O3/c1-27-14-6-8-15(9-7-14)28-11-10-22-20(26)18-12-24-19(13-23-18)25-17-5-3-2-4-16(17)21/h2-9,12-13H,10-11H2,1H3,(H,22,26)(H,24,25). The fraction of sp³-hybridized carbons (Fsp3) is 0.150. The van der Waals surface area contributed by atoms with E-state index < -0.39 is 0 Å². The van der Waals surface area contributed by atoms with Gasteiger partial charge in [-0.15, -0.1) is 0 Å². The van der Waals surface area contributed by atoms with E-state index in [2.05, 4.69) is 20.6 Å². The van der Waals surface area contributed by atoms with Crippen LogP contribution in [-0.4, -0.2) is 36.1 Å². The smallest absolute Gasteiger partial charge is 0.271 e. The first-order chi connectivity index (χ1) is 13.7. The number of hydrogen-bond acceptors (Lipinski definition) is 6. The molecular weight excluding hydrogens is 380 g/mol. The van der Waals surface area contributed by atoms with E-state index in [0.717, 1.165) is 5.75 Å². The minimum Gasteiger partial charge on any atom is -0.497 e. The number of carbonyl (C=O) groups excluding carboxylic acids is 1. The van der Waals surface area contributed by atoms with Gasteiger partial charge in [-0.3, -0.25) is 4.79 Å². The van der Waals surface area contributed by atoms with Gasteiger partial charge in [0.2, 0.25) is 0 Å². The molecule has 1 amide bonds. The van der Waals surface area contributed by atoms with Gasteiger partial charge in [0.1, 0.15) is 29.6 Å². The monoisotopic (exact) mass is 398 g/mol. The summed E-state index contributed by atoms with van der Waals surface area (Å²) >= 11 is 6.09. The van der Waals surface area contributed by atoms with Crippen molar-refractivity contribution >= 4 is 29.0 Å². The maximum atomic E-state index is 12.1. The van der Waals surface area contributed by atoms with Gasteiger partial charge in [0.05, 0.1) is 36.8 Å². The summed E-state index contributed by atoms with van der Waals surface area (Å²) in [6.45, 7) is 0.670. The van der Waals surface area contributed by atoms with E-state index in [9.17, 15) is 4.79 Å². The predicted octanol–water partition coefficient (Wildman–Crippen LogP) is 3.69. The number of benzene rings is 2. The highest BCUT2D eigenvalue weighted by Gasteiger charge is 2.08. The molecule has 0 spiro atoms. The number of nitrogens with zero attached hydrogens (tertiary/aromatic N) is 2. The first kappa shape index (κ1) is 19.4. The Morgan fingerprint density at radius 1 is 1.04 bits per heavy atom. The van der Waals surface area contributed by atoms with E-state index in [4.69, 9.17) is 21.1 Å². The van der Waals surface area contributed by atoms with Crippen molar-refractivity contribution in [1.82, 2.24) is 15.3 Å². The molecule has 8 heteroatoms. The molecule has 3 rings (SSSR count). The second-order valence-electron chi connectivity index (χ2n) is 5.67. The molecule has 7 nitrogen and oxygen atoms in total. The third-order valence-electron chi connectivity index (χ3n) is 3.74. The van der Waals surface area contributed by atoms with Crippen molar-refractivity contribution in [3.63, 3.8) is 0 Å². The number of amides is 1. The van der Waals surface area contributed by atoms with Gasteiger partial charge >= 0.3 is 0 Å². The van der Waals surface area contributed by atoms with Crippen molar-refractivity contribution in [3.8, 4) is 11.5 Å². The summed E-state index contributed by atoms with van der Waals surface area (Å²) in [4.78, 5) is 20.5. The van der Waals surface area contributed by atoms with Crippen molar-refractivity contribution in [3.05, 3.63) is 71.6 Å². The molecule has 0 fully saturated rings. The molecule has 0 aliphatic heterocycles. The van der Waals surface area contributed by atoms with Gasteiger partial charge in [0, 0.05) is 0 Å². The van der Waals surface area contributed by atoms with Crippen LogP contribution in [0.1, 0.15) is 10.5 Å². The van der Waals surface area contributed by atoms with Crippen molar-refractivity contribution in [1.29, 1.82) is 0 Å². The van der Waals surface area contributed by atoms with Crippen LogP contribution >= 0.6 is 11.6 Å². The fourth-order valence-corrected chi connectivity index (χ4v) is 2.49. The summed E-state index contributed by atoms with van der Waals surface area (Å²) in [5.74, 6) is 1.62. The highest BCUT2D eigenvalue weighted by atomic mass is 35.5. The third-order valence-corrected chi connectivity index (χ3v) is 4.07. The molecule has 1 heterocycles. The zero-order valence-corrected chi connectivity index (χ0v) is 15.9. The Hall–Kier alpha value is -3.32. The van der Waals surface area contributed by atoms with Crippen LogP contribution < -0.4 is 20.1 Å². The number of halogens is 1. The molecule has 0 aliphatic rings. The second kappa shape index (κ2) is 9.57. The van der Waals surface area contributed by atoms with Gasteiger partial charge in [0.15, 0.2) is 0 Å². The molecule has 3 aromatic rings. The number of nitrogens with one attached hydrogen (secondary N) is 2. The molecular formula is C20H19ClN4O3. The molecule has 0 aliphatic carbocycles. The van der Waals surface area contributed by atoms with Gasteiger partial charge in [-0.1, -0.05) is 23.7 Å². The summed E-state index contributed by atoms with van der Waals surface area (Å²) in [5, 5.41) is 6.36. The average molecular weight is 399 g/mol. The molecule has 0 unspecified atom stereocenters. The molecule has 0 saturated carbocycles. The van der Waals surface area contributed by atoms with Gasteiger partial charge in [0.25, 0.3) is 5.91 Å². The SMILES string of the molecule is COc1ccc(OCCNC(=O)c2cnc(Nc3ccccc3Cl)cn2)cc1. The maximum Gasteiger partial charge on any atom is 0.271 e. The Bertz CT molecular complexity index is 917. The minimum atomic E-state index is -0.324. The Balaban J connectivity index is 1.45. The predicted molar refractivity (Wildman–Crippen MR) is 108 cm³/mol. The summed E-state index contributed by atoms with van der Waals surface area (Å²) in [6.07, 6.45) is 2.88. The molecule has 0 saturated heterocycles. The third kappa shape index (κ3) is 5.34. The number of methoxy groups -OCH3 is 1. The lowest BCUT2D eigenvalue weighted by atomic mass is 10.3. The van der Waals surface area contributed by atoms with Gasteiger partial charge in [-0.25, -0.2) is 9.97 Å². The van der Waals surface area contributed by atoms with Crippen LogP contribution in [0.2, 0.25) is 5.02 Å². The van der Waals surface area contributed by atoms with Gasteiger partial charge in [-0.05, 0) is 36.4 Å². The van der Waals surface area contributed by atoms with Crippen LogP contribution in [0, 0.1) is 0 Å². The number of aromatic nitrogens is 2. The highest BCUT2D eigenvalue weighted by Crippen LogP contribution is 2.23. The highest BCUT2D eigenvalue weighted by molar-refractivity contribution is 6.33. The number of ether oxygens (including phenoxy) is 2. The Kier molecular flexibility index (Phi) is 6.64. The van der Waals surface area contributed by atoms with Crippen molar-refractivity contribution in [2.24, 2.45) is 0 Å². The van der Waals surface area contributed by atoms with Crippen molar-refractivity contribution in [2.45, 2.75) is 0 Å². The molecule has 28 heavy (non-hydrogen) atoms. The maximum absolute atomic E-state index is 12.1. The first-order valence-corrected chi connectivity index (χ1v) is 8.92. The van der Waals surface area contributed by atoms with Crippen LogP contribution in [0.4, 0.5) is 11.5 Å². The van der Waals surface area contributed by atoms with Crippen LogP contribution in [0.5, 0.6) is 11.5 Å². The summed E-state index contributed by atoms with van der Waals surface area (Å²) < 4.78 is 10.6. The normalized spacial score (nSPS) is 10.2. The second-order valence-corrected chi connectivity index (χ2v) is 6.08. The van der Waals surface area contributed by atoms with Crippen LogP contribution in [0.15, 0.2) is 60.9 Å². The lowest BCUT2D eigenvalue weighted by Crippen LogP contribution is -2.28. The van der Waals surface area contributed by atoms with E-state index in [-0.39, 0.29) is 11.6 Å². The van der Waals surface area contributed by atoms with E-state index in [0.29, 0.717) is 35.4 Å². The number of para-hydroxylation sites is 1. The fourth-order valence-electron chi connectivity index (χ4n) is 2.31. The molecule has 2 aromatic carbocycles. The zero-order chi connectivity index (χ0) is 19.8. The van der Waals surface area contributed by atoms with Gasteiger partial charge in [-0.2, -0.15) is 0 Å². The van der Waals surface area contributed by atoms with Crippen LogP contribution in [0.25, 0.3) is 0 Å². The van der Waals surface area contributed by atoms with E-state index >= 15 is 0 Å². The Morgan fingerprint density at radius 2 is 1.79 bits per heavy atom. The molecule has 0 atom stereocenters. The van der Waals surface area contributed by atoms with E-state index in [1.165, 1.54) is 12.4 Å². The topological polar surface area (TPSA) is 85.4 Å². The molecule has 2 N–H and O–H groups in total. The lowest BCUT2D eigenvalue weighted by Gasteiger charge is -2.09. The molecule has 1 aromatic heterocycles. The molecule has 0 radical (unpaired) electrons. The van der Waals surface area contributed by atoms with Crippen LogP contribution in [0.3, 0.4) is 0 Å². The Labute approximate surface area is 167 Å². The first-order valence-electron chi connectivity index (χ1n) is 8.54. The minimum absolute atomic E-state index is 0.217. The Morgan fingerprint density at radius 3 is 2.46 bits per heavy atom. The lowest BCUT2D eigenvalue weighted by molar-refractivity contribution is 0.0941. The van der Waals surface area contributed by atoms with E-state index in [1.54, 1.807) is 25.3 Å². The number of anilines is 2. The average Bonchev–Trinajstić information content (AvgIpc) is 2.73. The van der Waals surface area contributed by atoms with Gasteiger partial charge < -0.3 is 20.1 Å². The van der Waals surface area contributed by atoms with Crippen molar-refractivity contribution in [2.75, 3.05) is 25.6 Å². The summed E-state index contributed by atoms with van der Waals surface area (Å²) in [5.41, 5.74) is 0.931. The molecule has 0 bridgehead atoms. The quantitative estimate of drug-likeness (QED) is 0.563. The largest absolute Gasteiger partial charge is 0.497 e. The number of rotatable bonds is 8. The number of hydrogen-bond donors (Lipinski definition) is 2.